The molecule has 1 heterocycles. The Bertz CT molecular complexity index is 860. The maximum atomic E-state index is 13.6. The molecule has 0 aliphatic carbocycles. The Morgan fingerprint density at radius 1 is 1.04 bits per heavy atom. The van der Waals surface area contributed by atoms with Crippen LogP contribution in [0.4, 0.5) is 8.78 Å². The van der Waals surface area contributed by atoms with E-state index < -0.39 is 0 Å². The van der Waals surface area contributed by atoms with Crippen molar-refractivity contribution in [3.05, 3.63) is 95.4 Å². The molecule has 0 saturated heterocycles. The lowest BCUT2D eigenvalue weighted by atomic mass is 10.0. The highest BCUT2D eigenvalue weighted by Gasteiger charge is 2.27. The molecule has 1 atom stereocenters. The van der Waals surface area contributed by atoms with Gasteiger partial charge in [0, 0.05) is 6.54 Å². The van der Waals surface area contributed by atoms with E-state index in [1.807, 2.05) is 6.92 Å². The highest BCUT2D eigenvalue weighted by atomic mass is 19.1. The molecule has 0 radical (unpaired) electrons. The molecule has 1 aromatic heterocycles. The van der Waals surface area contributed by atoms with E-state index in [0.717, 1.165) is 5.56 Å². The number of rotatable bonds is 6. The molecular formula is C21H19F2NO2. The van der Waals surface area contributed by atoms with E-state index in [1.54, 1.807) is 41.3 Å². The molecule has 5 heteroatoms. The van der Waals surface area contributed by atoms with E-state index in [0.29, 0.717) is 12.0 Å². The Hall–Kier alpha value is -2.95. The van der Waals surface area contributed by atoms with Crippen LogP contribution < -0.4 is 0 Å². The zero-order valence-corrected chi connectivity index (χ0v) is 14.4. The second-order valence-corrected chi connectivity index (χ2v) is 6.02. The number of benzene rings is 2. The highest BCUT2D eigenvalue weighted by Crippen LogP contribution is 2.28. The zero-order valence-electron chi connectivity index (χ0n) is 14.4. The molecule has 0 bridgehead atoms. The van der Waals surface area contributed by atoms with Crippen LogP contribution in [0, 0.1) is 11.6 Å². The largest absolute Gasteiger partial charge is 0.459 e. The van der Waals surface area contributed by atoms with Crippen LogP contribution in [0.5, 0.6) is 0 Å². The number of carbonyl (C=O) groups excluding carboxylic acids is 1. The lowest BCUT2D eigenvalue weighted by molar-refractivity contribution is 0.0619. The van der Waals surface area contributed by atoms with Crippen molar-refractivity contribution in [3.63, 3.8) is 0 Å². The standard InChI is InChI=1S/C21H19F2NO2/c1-2-19(16-8-10-17(22)11-9-16)24(21(25)20-7-4-12-26-20)14-15-5-3-6-18(23)13-15/h3-13,19H,2,14H2,1H3/t19-/m1/s1. The third-order valence-electron chi connectivity index (χ3n) is 4.25. The van der Waals surface area contributed by atoms with Crippen molar-refractivity contribution >= 4 is 5.91 Å². The Balaban J connectivity index is 1.97. The second-order valence-electron chi connectivity index (χ2n) is 6.02. The summed E-state index contributed by atoms with van der Waals surface area (Å²) in [4.78, 5) is 14.6. The first-order valence-corrected chi connectivity index (χ1v) is 8.43. The summed E-state index contributed by atoms with van der Waals surface area (Å²) in [5, 5.41) is 0. The lowest BCUT2D eigenvalue weighted by Gasteiger charge is -2.31. The minimum Gasteiger partial charge on any atom is -0.459 e. The van der Waals surface area contributed by atoms with E-state index in [-0.39, 0.29) is 35.9 Å². The smallest absolute Gasteiger partial charge is 0.290 e. The van der Waals surface area contributed by atoms with E-state index >= 15 is 0 Å². The Labute approximate surface area is 150 Å². The highest BCUT2D eigenvalue weighted by molar-refractivity contribution is 5.91. The van der Waals surface area contributed by atoms with Gasteiger partial charge in [-0.1, -0.05) is 31.2 Å². The van der Waals surface area contributed by atoms with Crippen LogP contribution in [0.1, 0.15) is 41.1 Å². The fourth-order valence-corrected chi connectivity index (χ4v) is 3.02. The van der Waals surface area contributed by atoms with Gasteiger partial charge in [-0.3, -0.25) is 4.79 Å². The summed E-state index contributed by atoms with van der Waals surface area (Å²) in [5.41, 5.74) is 1.48. The maximum absolute atomic E-state index is 13.6. The number of furan rings is 1. The molecule has 2 aromatic carbocycles. The molecular weight excluding hydrogens is 336 g/mol. The van der Waals surface area contributed by atoms with Crippen molar-refractivity contribution < 1.29 is 18.0 Å². The lowest BCUT2D eigenvalue weighted by Crippen LogP contribution is -2.34. The summed E-state index contributed by atoms with van der Waals surface area (Å²) < 4.78 is 32.1. The molecule has 0 spiro atoms. The van der Waals surface area contributed by atoms with E-state index in [1.165, 1.54) is 30.5 Å². The van der Waals surface area contributed by atoms with Gasteiger partial charge in [0.15, 0.2) is 5.76 Å². The minimum absolute atomic E-state index is 0.210. The van der Waals surface area contributed by atoms with Crippen LogP contribution in [0.25, 0.3) is 0 Å². The molecule has 26 heavy (non-hydrogen) atoms. The zero-order chi connectivity index (χ0) is 18.5. The van der Waals surface area contributed by atoms with Crippen molar-refractivity contribution in [1.29, 1.82) is 0 Å². The number of hydrogen-bond acceptors (Lipinski definition) is 2. The van der Waals surface area contributed by atoms with Gasteiger partial charge in [0.05, 0.1) is 12.3 Å². The van der Waals surface area contributed by atoms with Gasteiger partial charge >= 0.3 is 0 Å². The van der Waals surface area contributed by atoms with Gasteiger partial charge in [-0.25, -0.2) is 8.78 Å². The van der Waals surface area contributed by atoms with Gasteiger partial charge in [0.25, 0.3) is 5.91 Å². The average molecular weight is 355 g/mol. The molecule has 0 N–H and O–H groups in total. The van der Waals surface area contributed by atoms with Gasteiger partial charge in [-0.2, -0.15) is 0 Å². The van der Waals surface area contributed by atoms with Gasteiger partial charge < -0.3 is 9.32 Å². The first-order valence-electron chi connectivity index (χ1n) is 8.43. The first kappa shape index (κ1) is 17.9. The first-order chi connectivity index (χ1) is 12.6. The van der Waals surface area contributed by atoms with Gasteiger partial charge in [-0.05, 0) is 53.9 Å². The summed E-state index contributed by atoms with van der Waals surface area (Å²) in [6.07, 6.45) is 2.06. The fraction of sp³-hybridized carbons (Fsp3) is 0.190. The molecule has 0 saturated carbocycles. The van der Waals surface area contributed by atoms with Gasteiger partial charge in [-0.15, -0.1) is 0 Å². The average Bonchev–Trinajstić information content (AvgIpc) is 3.17. The molecule has 3 nitrogen and oxygen atoms in total. The molecule has 0 aliphatic rings. The molecule has 134 valence electrons. The van der Waals surface area contributed by atoms with Gasteiger partial charge in [0.2, 0.25) is 0 Å². The van der Waals surface area contributed by atoms with Crippen LogP contribution in [0.15, 0.2) is 71.3 Å². The Morgan fingerprint density at radius 3 is 2.42 bits per heavy atom. The number of halogens is 2. The van der Waals surface area contributed by atoms with Crippen LogP contribution in [-0.4, -0.2) is 10.8 Å². The molecule has 0 aliphatic heterocycles. The topological polar surface area (TPSA) is 33.5 Å². The SMILES string of the molecule is CC[C@H](c1ccc(F)cc1)N(Cc1cccc(F)c1)C(=O)c1ccco1. The molecule has 0 unspecified atom stereocenters. The Morgan fingerprint density at radius 2 is 1.81 bits per heavy atom. The quantitative estimate of drug-likeness (QED) is 0.597. The Kier molecular flexibility index (Phi) is 5.46. The van der Waals surface area contributed by atoms with Crippen LogP contribution in [0.2, 0.25) is 0 Å². The summed E-state index contributed by atoms with van der Waals surface area (Å²) in [6.45, 7) is 2.16. The van der Waals surface area contributed by atoms with E-state index in [9.17, 15) is 13.6 Å². The molecule has 3 rings (SSSR count). The second kappa shape index (κ2) is 7.95. The van der Waals surface area contributed by atoms with Crippen LogP contribution >= 0.6 is 0 Å². The number of amides is 1. The maximum Gasteiger partial charge on any atom is 0.290 e. The summed E-state index contributed by atoms with van der Waals surface area (Å²) in [5.74, 6) is -0.780. The number of carbonyl (C=O) groups is 1. The van der Waals surface area contributed by atoms with Crippen molar-refractivity contribution in [2.45, 2.75) is 25.9 Å². The fourth-order valence-electron chi connectivity index (χ4n) is 3.02. The summed E-state index contributed by atoms with van der Waals surface area (Å²) in [6, 6.07) is 15.2. The van der Waals surface area contributed by atoms with Crippen molar-refractivity contribution in [2.24, 2.45) is 0 Å². The van der Waals surface area contributed by atoms with E-state index in [4.69, 9.17) is 4.42 Å². The van der Waals surface area contributed by atoms with E-state index in [2.05, 4.69) is 0 Å². The monoisotopic (exact) mass is 355 g/mol. The molecule has 3 aromatic rings. The predicted octanol–water partition coefficient (Wildman–Crippen LogP) is 5.35. The van der Waals surface area contributed by atoms with Crippen molar-refractivity contribution in [3.8, 4) is 0 Å². The number of hydrogen-bond donors (Lipinski definition) is 0. The minimum atomic E-state index is -0.359. The number of nitrogens with zero attached hydrogens (tertiary/aromatic N) is 1. The van der Waals surface area contributed by atoms with Crippen molar-refractivity contribution in [1.82, 2.24) is 4.90 Å². The van der Waals surface area contributed by atoms with Gasteiger partial charge in [0.1, 0.15) is 11.6 Å². The summed E-state index contributed by atoms with van der Waals surface area (Å²) in [7, 11) is 0. The van der Waals surface area contributed by atoms with Crippen LogP contribution in [-0.2, 0) is 6.54 Å². The molecule has 0 fully saturated rings. The third kappa shape index (κ3) is 3.99. The normalized spacial score (nSPS) is 12.0. The summed E-state index contributed by atoms with van der Waals surface area (Å²) >= 11 is 0. The van der Waals surface area contributed by atoms with Crippen molar-refractivity contribution in [2.75, 3.05) is 0 Å². The molecule has 1 amide bonds. The predicted molar refractivity (Wildman–Crippen MR) is 94.4 cm³/mol. The third-order valence-corrected chi connectivity index (χ3v) is 4.25. The van der Waals surface area contributed by atoms with Crippen LogP contribution in [0.3, 0.4) is 0 Å².